The fourth-order valence-corrected chi connectivity index (χ4v) is 4.17. The van der Waals surface area contributed by atoms with E-state index in [4.69, 9.17) is 5.73 Å². The van der Waals surface area contributed by atoms with Crippen molar-refractivity contribution in [1.29, 1.82) is 0 Å². The van der Waals surface area contributed by atoms with Gasteiger partial charge in [0.15, 0.2) is 0 Å². The average molecular weight is 479 g/mol. The Hall–Kier alpha value is -2.95. The Morgan fingerprint density at radius 3 is 2.38 bits per heavy atom. The lowest BCUT2D eigenvalue weighted by molar-refractivity contribution is -0.145. The number of carboxylic acids is 1. The number of likely N-dealkylation sites (tertiary alicyclic amines) is 1. The van der Waals surface area contributed by atoms with Crippen LogP contribution in [0.15, 0.2) is 12.5 Å². The number of nitrogens with zero attached hydrogens (tertiary/aromatic N) is 2. The standard InChI is InChI=1S/C23H38N6O5/c1-13(2)8-16(24)20(30)27-17(10-15-11-25-12-26-15)22(32)29-7-5-6-19(29)21(31)28-18(23(33)34)9-14(3)4/h11-14,16-19H,5-10,24H2,1-4H3,(H,25,26)(H,27,30)(H,28,31)(H,33,34). The van der Waals surface area contributed by atoms with Crippen LogP contribution in [0.5, 0.6) is 0 Å². The van der Waals surface area contributed by atoms with E-state index in [2.05, 4.69) is 20.6 Å². The Balaban J connectivity index is 2.17. The number of imidazole rings is 1. The smallest absolute Gasteiger partial charge is 0.326 e. The number of carbonyl (C=O) groups excluding carboxylic acids is 3. The maximum atomic E-state index is 13.5. The molecule has 1 aromatic rings. The number of H-pyrrole nitrogens is 1. The van der Waals surface area contributed by atoms with Crippen LogP contribution in [0.25, 0.3) is 0 Å². The van der Waals surface area contributed by atoms with Gasteiger partial charge in [-0.3, -0.25) is 14.4 Å². The minimum absolute atomic E-state index is 0.0757. The van der Waals surface area contributed by atoms with Crippen LogP contribution in [0.2, 0.25) is 0 Å². The maximum Gasteiger partial charge on any atom is 0.326 e. The van der Waals surface area contributed by atoms with Gasteiger partial charge in [0.05, 0.1) is 12.4 Å². The van der Waals surface area contributed by atoms with Crippen LogP contribution in [0.1, 0.15) is 59.1 Å². The molecular weight excluding hydrogens is 440 g/mol. The molecule has 0 bridgehead atoms. The number of rotatable bonds is 12. The topological polar surface area (TPSA) is 171 Å². The van der Waals surface area contributed by atoms with Crippen molar-refractivity contribution in [2.75, 3.05) is 6.54 Å². The number of hydrogen-bond acceptors (Lipinski definition) is 6. The van der Waals surface area contributed by atoms with Crippen LogP contribution in [0, 0.1) is 11.8 Å². The lowest BCUT2D eigenvalue weighted by Crippen LogP contribution is -2.57. The van der Waals surface area contributed by atoms with Crippen molar-refractivity contribution in [3.05, 3.63) is 18.2 Å². The molecule has 11 nitrogen and oxygen atoms in total. The third kappa shape index (κ3) is 7.82. The summed E-state index contributed by atoms with van der Waals surface area (Å²) in [5.41, 5.74) is 6.67. The van der Waals surface area contributed by atoms with Crippen molar-refractivity contribution in [3.63, 3.8) is 0 Å². The molecule has 0 aliphatic carbocycles. The van der Waals surface area contributed by atoms with Gasteiger partial charge in [0, 0.05) is 24.9 Å². The third-order valence-corrected chi connectivity index (χ3v) is 5.82. The molecule has 2 heterocycles. The van der Waals surface area contributed by atoms with Crippen molar-refractivity contribution >= 4 is 23.7 Å². The molecule has 0 spiro atoms. The predicted molar refractivity (Wildman–Crippen MR) is 125 cm³/mol. The molecule has 0 saturated carbocycles. The molecule has 6 N–H and O–H groups in total. The second kappa shape index (κ2) is 12.5. The van der Waals surface area contributed by atoms with Crippen molar-refractivity contribution in [3.8, 4) is 0 Å². The summed E-state index contributed by atoms with van der Waals surface area (Å²) < 4.78 is 0. The Kier molecular flexibility index (Phi) is 10.0. The quantitative estimate of drug-likeness (QED) is 0.290. The van der Waals surface area contributed by atoms with Gasteiger partial charge >= 0.3 is 5.97 Å². The lowest BCUT2D eigenvalue weighted by Gasteiger charge is -2.30. The molecule has 11 heteroatoms. The first-order chi connectivity index (χ1) is 16.0. The highest BCUT2D eigenvalue weighted by molar-refractivity contribution is 5.94. The molecule has 4 unspecified atom stereocenters. The zero-order valence-corrected chi connectivity index (χ0v) is 20.4. The van der Waals surface area contributed by atoms with Crippen LogP contribution in [0.4, 0.5) is 0 Å². The summed E-state index contributed by atoms with van der Waals surface area (Å²) in [5, 5.41) is 14.8. The van der Waals surface area contributed by atoms with Gasteiger partial charge in [-0.25, -0.2) is 9.78 Å². The Morgan fingerprint density at radius 1 is 1.15 bits per heavy atom. The summed E-state index contributed by atoms with van der Waals surface area (Å²) in [6, 6.07) is -3.53. The number of carbonyl (C=O) groups is 4. The maximum absolute atomic E-state index is 13.5. The number of aromatic nitrogens is 2. The highest BCUT2D eigenvalue weighted by Crippen LogP contribution is 2.20. The fourth-order valence-electron chi connectivity index (χ4n) is 4.17. The first kappa shape index (κ1) is 27.3. The van der Waals surface area contributed by atoms with E-state index in [1.54, 1.807) is 6.20 Å². The summed E-state index contributed by atoms with van der Waals surface area (Å²) >= 11 is 0. The molecular formula is C23H38N6O5. The first-order valence-corrected chi connectivity index (χ1v) is 11.9. The van der Waals surface area contributed by atoms with Crippen molar-refractivity contribution < 1.29 is 24.3 Å². The van der Waals surface area contributed by atoms with E-state index in [9.17, 15) is 24.3 Å². The van der Waals surface area contributed by atoms with E-state index < -0.39 is 47.9 Å². The molecule has 34 heavy (non-hydrogen) atoms. The Bertz CT molecular complexity index is 841. The predicted octanol–water partition coefficient (Wildman–Crippen LogP) is 0.417. The monoisotopic (exact) mass is 478 g/mol. The van der Waals surface area contributed by atoms with E-state index in [1.807, 2.05) is 27.7 Å². The van der Waals surface area contributed by atoms with Crippen LogP contribution >= 0.6 is 0 Å². The van der Waals surface area contributed by atoms with Gasteiger partial charge in [-0.1, -0.05) is 27.7 Å². The van der Waals surface area contributed by atoms with Gasteiger partial charge in [0.1, 0.15) is 18.1 Å². The largest absolute Gasteiger partial charge is 0.480 e. The van der Waals surface area contributed by atoms with Gasteiger partial charge in [0.25, 0.3) is 0 Å². The molecule has 4 atom stereocenters. The minimum atomic E-state index is -1.11. The van der Waals surface area contributed by atoms with Gasteiger partial charge in [-0.05, 0) is 37.5 Å². The number of amides is 3. The van der Waals surface area contributed by atoms with Gasteiger partial charge in [0.2, 0.25) is 17.7 Å². The van der Waals surface area contributed by atoms with E-state index in [0.29, 0.717) is 31.5 Å². The molecule has 1 saturated heterocycles. The number of aliphatic carboxylic acids is 1. The number of hydrogen-bond donors (Lipinski definition) is 5. The van der Waals surface area contributed by atoms with E-state index in [-0.39, 0.29) is 24.7 Å². The second-order valence-corrected chi connectivity index (χ2v) is 9.80. The Morgan fingerprint density at radius 2 is 1.82 bits per heavy atom. The van der Waals surface area contributed by atoms with Gasteiger partial charge in [-0.15, -0.1) is 0 Å². The summed E-state index contributed by atoms with van der Waals surface area (Å²) in [5.74, 6) is -2.17. The van der Waals surface area contributed by atoms with Crippen molar-refractivity contribution in [1.82, 2.24) is 25.5 Å². The summed E-state index contributed by atoms with van der Waals surface area (Å²) in [7, 11) is 0. The molecule has 0 aromatic carbocycles. The average Bonchev–Trinajstić information content (AvgIpc) is 3.43. The van der Waals surface area contributed by atoms with E-state index in [0.717, 1.165) is 0 Å². The zero-order chi connectivity index (χ0) is 25.4. The number of nitrogens with one attached hydrogen (secondary N) is 3. The lowest BCUT2D eigenvalue weighted by atomic mass is 10.0. The second-order valence-electron chi connectivity index (χ2n) is 9.80. The first-order valence-electron chi connectivity index (χ1n) is 11.9. The highest BCUT2D eigenvalue weighted by Gasteiger charge is 2.39. The zero-order valence-electron chi connectivity index (χ0n) is 20.4. The molecule has 1 aromatic heterocycles. The van der Waals surface area contributed by atoms with Gasteiger partial charge < -0.3 is 31.4 Å². The number of carboxylic acid groups (broad SMARTS) is 1. The van der Waals surface area contributed by atoms with Crippen LogP contribution < -0.4 is 16.4 Å². The molecule has 1 aliphatic heterocycles. The number of nitrogens with two attached hydrogens (primary N) is 1. The van der Waals surface area contributed by atoms with Crippen LogP contribution in [0.3, 0.4) is 0 Å². The molecule has 190 valence electrons. The van der Waals surface area contributed by atoms with E-state index >= 15 is 0 Å². The molecule has 3 amide bonds. The molecule has 1 aliphatic rings. The van der Waals surface area contributed by atoms with Crippen molar-refractivity contribution in [2.24, 2.45) is 17.6 Å². The summed E-state index contributed by atoms with van der Waals surface area (Å²) in [6.45, 7) is 8.00. The minimum Gasteiger partial charge on any atom is -0.480 e. The third-order valence-electron chi connectivity index (χ3n) is 5.82. The fraction of sp³-hybridized carbons (Fsp3) is 0.696. The summed E-state index contributed by atoms with van der Waals surface area (Å²) in [6.07, 6.45) is 4.99. The molecule has 0 radical (unpaired) electrons. The summed E-state index contributed by atoms with van der Waals surface area (Å²) in [4.78, 5) is 59.1. The van der Waals surface area contributed by atoms with Crippen molar-refractivity contribution in [2.45, 2.75) is 84.0 Å². The Labute approximate surface area is 200 Å². The van der Waals surface area contributed by atoms with Gasteiger partial charge in [-0.2, -0.15) is 0 Å². The molecule has 1 fully saturated rings. The van der Waals surface area contributed by atoms with Crippen LogP contribution in [-0.2, 0) is 25.6 Å². The SMILES string of the molecule is CC(C)CC(N)C(=O)NC(Cc1cnc[nH]1)C(=O)N1CCCC1C(=O)NC(CC(C)C)C(=O)O. The van der Waals surface area contributed by atoms with E-state index in [1.165, 1.54) is 11.2 Å². The highest BCUT2D eigenvalue weighted by atomic mass is 16.4. The molecule has 2 rings (SSSR count). The van der Waals surface area contributed by atoms with Crippen LogP contribution in [-0.4, -0.2) is 74.4 Å². The number of aromatic amines is 1. The normalized spacial score (nSPS) is 18.6.